The van der Waals surface area contributed by atoms with Gasteiger partial charge < -0.3 is 14.8 Å². The number of nitrogens with zero attached hydrogens (tertiary/aromatic N) is 2. The van der Waals surface area contributed by atoms with Gasteiger partial charge in [0.15, 0.2) is 11.5 Å². The fourth-order valence-corrected chi connectivity index (χ4v) is 2.08. The second-order valence-corrected chi connectivity index (χ2v) is 4.71. The number of ether oxygens (including phenoxy) is 2. The van der Waals surface area contributed by atoms with Gasteiger partial charge in [-0.2, -0.15) is 0 Å². The van der Waals surface area contributed by atoms with E-state index in [-0.39, 0.29) is 29.3 Å². The van der Waals surface area contributed by atoms with Crippen LogP contribution in [0.3, 0.4) is 0 Å². The lowest BCUT2D eigenvalue weighted by Gasteiger charge is -2.12. The molecule has 1 heterocycles. The number of pyridine rings is 1. The van der Waals surface area contributed by atoms with Crippen LogP contribution >= 0.6 is 0 Å². The third-order valence-corrected chi connectivity index (χ3v) is 3.18. The first-order chi connectivity index (χ1) is 11.6. The molecule has 0 aliphatic heterocycles. The Hall–Kier alpha value is -3.16. The van der Waals surface area contributed by atoms with E-state index in [1.54, 1.807) is 31.3 Å². The van der Waals surface area contributed by atoms with E-state index in [9.17, 15) is 14.9 Å². The second kappa shape index (κ2) is 7.91. The molecular weight excluding hydrogens is 314 g/mol. The molecule has 0 spiro atoms. The zero-order chi connectivity index (χ0) is 17.5. The molecule has 1 aromatic carbocycles. The van der Waals surface area contributed by atoms with Crippen molar-refractivity contribution in [2.75, 3.05) is 13.7 Å². The Balaban J connectivity index is 2.30. The Morgan fingerprint density at radius 1 is 1.33 bits per heavy atom. The quantitative estimate of drug-likeness (QED) is 0.617. The highest BCUT2D eigenvalue weighted by Crippen LogP contribution is 2.34. The van der Waals surface area contributed by atoms with E-state index >= 15 is 0 Å². The fraction of sp³-hybridized carbons (Fsp3) is 0.250. The second-order valence-electron chi connectivity index (χ2n) is 4.71. The summed E-state index contributed by atoms with van der Waals surface area (Å²) >= 11 is 0. The zero-order valence-corrected chi connectivity index (χ0v) is 13.3. The summed E-state index contributed by atoms with van der Waals surface area (Å²) in [6, 6.07) is 7.79. The third kappa shape index (κ3) is 3.97. The van der Waals surface area contributed by atoms with Crippen LogP contribution in [0.2, 0.25) is 0 Å². The Labute approximate surface area is 138 Å². The van der Waals surface area contributed by atoms with Crippen LogP contribution in [0.4, 0.5) is 5.69 Å². The van der Waals surface area contributed by atoms with E-state index in [1.165, 1.54) is 19.2 Å². The van der Waals surface area contributed by atoms with Gasteiger partial charge in [0.05, 0.1) is 36.9 Å². The Kier molecular flexibility index (Phi) is 5.67. The SMILES string of the molecule is CCOc1cc(C(=O)NCc2ccccn2)c([N+](=O)[O-])cc1OC. The molecule has 0 saturated carbocycles. The number of methoxy groups -OCH3 is 1. The molecule has 2 rings (SSSR count). The van der Waals surface area contributed by atoms with Gasteiger partial charge in [-0.25, -0.2) is 0 Å². The highest BCUT2D eigenvalue weighted by Gasteiger charge is 2.24. The number of benzene rings is 1. The molecule has 0 radical (unpaired) electrons. The molecule has 0 aliphatic carbocycles. The standard InChI is InChI=1S/C16H17N3O5/c1-3-24-15-8-12(13(19(21)22)9-14(15)23-2)16(20)18-10-11-6-4-5-7-17-11/h4-9H,3,10H2,1-2H3,(H,18,20). The van der Waals surface area contributed by atoms with Gasteiger partial charge in [-0.3, -0.25) is 19.9 Å². The summed E-state index contributed by atoms with van der Waals surface area (Å²) in [7, 11) is 1.38. The Bertz CT molecular complexity index is 734. The molecule has 1 N–H and O–H groups in total. The van der Waals surface area contributed by atoms with Gasteiger partial charge in [-0.1, -0.05) is 6.07 Å². The maximum Gasteiger partial charge on any atom is 0.286 e. The minimum atomic E-state index is -0.631. The van der Waals surface area contributed by atoms with Crippen LogP contribution in [-0.4, -0.2) is 29.5 Å². The molecule has 0 fully saturated rings. The topological polar surface area (TPSA) is 104 Å². The molecule has 1 amide bonds. The smallest absolute Gasteiger partial charge is 0.286 e. The summed E-state index contributed by atoms with van der Waals surface area (Å²) in [6.07, 6.45) is 1.60. The van der Waals surface area contributed by atoms with Crippen molar-refractivity contribution in [1.29, 1.82) is 0 Å². The van der Waals surface area contributed by atoms with E-state index in [1.807, 2.05) is 0 Å². The minimum Gasteiger partial charge on any atom is -0.493 e. The number of nitro groups is 1. The van der Waals surface area contributed by atoms with E-state index in [0.29, 0.717) is 12.3 Å². The van der Waals surface area contributed by atoms with Crippen LogP contribution < -0.4 is 14.8 Å². The van der Waals surface area contributed by atoms with Crippen LogP contribution in [0.1, 0.15) is 23.0 Å². The van der Waals surface area contributed by atoms with E-state index in [0.717, 1.165) is 0 Å². The van der Waals surface area contributed by atoms with E-state index < -0.39 is 10.8 Å². The molecule has 0 atom stereocenters. The summed E-state index contributed by atoms with van der Waals surface area (Å²) in [5.41, 5.74) is 0.195. The average Bonchev–Trinajstić information content (AvgIpc) is 2.60. The van der Waals surface area contributed by atoms with Gasteiger partial charge >= 0.3 is 0 Å². The summed E-state index contributed by atoms with van der Waals surface area (Å²) in [4.78, 5) is 27.1. The Morgan fingerprint density at radius 3 is 2.71 bits per heavy atom. The van der Waals surface area contributed by atoms with Crippen molar-refractivity contribution in [2.24, 2.45) is 0 Å². The van der Waals surface area contributed by atoms with Gasteiger partial charge in [-0.15, -0.1) is 0 Å². The van der Waals surface area contributed by atoms with Crippen molar-refractivity contribution in [1.82, 2.24) is 10.3 Å². The van der Waals surface area contributed by atoms with Gasteiger partial charge in [-0.05, 0) is 19.1 Å². The number of nitrogens with one attached hydrogen (secondary N) is 1. The molecule has 8 heteroatoms. The number of aromatic nitrogens is 1. The highest BCUT2D eigenvalue weighted by molar-refractivity contribution is 5.99. The average molecular weight is 331 g/mol. The van der Waals surface area contributed by atoms with Gasteiger partial charge in [0.2, 0.25) is 0 Å². The highest BCUT2D eigenvalue weighted by atomic mass is 16.6. The summed E-state index contributed by atoms with van der Waals surface area (Å²) in [5, 5.41) is 13.9. The number of hydrogen-bond acceptors (Lipinski definition) is 6. The van der Waals surface area contributed by atoms with Crippen molar-refractivity contribution in [3.8, 4) is 11.5 Å². The summed E-state index contributed by atoms with van der Waals surface area (Å²) < 4.78 is 10.5. The molecule has 8 nitrogen and oxygen atoms in total. The Morgan fingerprint density at radius 2 is 2.12 bits per heavy atom. The van der Waals surface area contributed by atoms with Crippen molar-refractivity contribution in [3.05, 3.63) is 57.9 Å². The van der Waals surface area contributed by atoms with E-state index in [2.05, 4.69) is 10.3 Å². The van der Waals surface area contributed by atoms with Crippen LogP contribution in [0, 0.1) is 10.1 Å². The molecule has 0 saturated heterocycles. The zero-order valence-electron chi connectivity index (χ0n) is 13.3. The lowest BCUT2D eigenvalue weighted by Crippen LogP contribution is -2.24. The molecule has 0 aliphatic rings. The number of nitro benzene ring substituents is 1. The maximum absolute atomic E-state index is 12.4. The minimum absolute atomic E-state index is 0.0971. The molecule has 0 unspecified atom stereocenters. The molecule has 1 aromatic heterocycles. The van der Waals surface area contributed by atoms with Crippen LogP contribution in [-0.2, 0) is 6.54 Å². The first-order valence-corrected chi connectivity index (χ1v) is 7.24. The monoisotopic (exact) mass is 331 g/mol. The normalized spacial score (nSPS) is 10.1. The van der Waals surface area contributed by atoms with Crippen LogP contribution in [0.5, 0.6) is 11.5 Å². The van der Waals surface area contributed by atoms with Crippen molar-refractivity contribution >= 4 is 11.6 Å². The van der Waals surface area contributed by atoms with Crippen LogP contribution in [0.15, 0.2) is 36.5 Å². The first-order valence-electron chi connectivity index (χ1n) is 7.24. The van der Waals surface area contributed by atoms with Gasteiger partial charge in [0.25, 0.3) is 11.6 Å². The number of rotatable bonds is 7. The molecule has 24 heavy (non-hydrogen) atoms. The number of carbonyl (C=O) groups excluding carboxylic acids is 1. The molecule has 126 valence electrons. The third-order valence-electron chi connectivity index (χ3n) is 3.18. The molecule has 0 bridgehead atoms. The fourth-order valence-electron chi connectivity index (χ4n) is 2.08. The van der Waals surface area contributed by atoms with Crippen molar-refractivity contribution in [3.63, 3.8) is 0 Å². The number of carbonyl (C=O) groups is 1. The predicted octanol–water partition coefficient (Wildman–Crippen LogP) is 2.33. The van der Waals surface area contributed by atoms with E-state index in [4.69, 9.17) is 9.47 Å². The molecular formula is C16H17N3O5. The summed E-state index contributed by atoms with van der Waals surface area (Å²) in [5.74, 6) is -0.116. The maximum atomic E-state index is 12.4. The largest absolute Gasteiger partial charge is 0.493 e. The van der Waals surface area contributed by atoms with Crippen molar-refractivity contribution < 1.29 is 19.2 Å². The predicted molar refractivity (Wildman–Crippen MR) is 86.2 cm³/mol. The number of hydrogen-bond donors (Lipinski definition) is 1. The lowest BCUT2D eigenvalue weighted by atomic mass is 10.1. The lowest BCUT2D eigenvalue weighted by molar-refractivity contribution is -0.385. The summed E-state index contributed by atoms with van der Waals surface area (Å²) in [6.45, 7) is 2.26. The van der Waals surface area contributed by atoms with Gasteiger partial charge in [0, 0.05) is 12.3 Å². The number of amides is 1. The van der Waals surface area contributed by atoms with Gasteiger partial charge in [0.1, 0.15) is 5.56 Å². The van der Waals surface area contributed by atoms with Crippen LogP contribution in [0.25, 0.3) is 0 Å². The first kappa shape index (κ1) is 17.2. The van der Waals surface area contributed by atoms with Crippen molar-refractivity contribution in [2.45, 2.75) is 13.5 Å². The molecule has 2 aromatic rings.